The molecule has 3 aliphatic carbocycles. The van der Waals surface area contributed by atoms with Gasteiger partial charge in [-0.1, -0.05) is 102 Å². The number of hydrogen-bond acceptors (Lipinski definition) is 0. The van der Waals surface area contributed by atoms with Crippen LogP contribution in [-0.4, -0.2) is 0 Å². The van der Waals surface area contributed by atoms with Crippen molar-refractivity contribution in [3.63, 3.8) is 0 Å². The molecule has 0 unspecified atom stereocenters. The van der Waals surface area contributed by atoms with E-state index >= 15 is 0 Å². The normalized spacial score (nSPS) is 22.9. The van der Waals surface area contributed by atoms with E-state index in [4.69, 9.17) is 0 Å². The molecule has 3 aliphatic rings. The molecule has 0 bridgehead atoms. The van der Waals surface area contributed by atoms with Gasteiger partial charge in [0.15, 0.2) is 0 Å². The van der Waals surface area contributed by atoms with Gasteiger partial charge in [-0.25, -0.2) is 0 Å². The maximum absolute atomic E-state index is 2.70. The fourth-order valence-electron chi connectivity index (χ4n) is 5.98. The minimum absolute atomic E-state index is 1.06. The van der Waals surface area contributed by atoms with Crippen LogP contribution in [0.3, 0.4) is 0 Å². The Hall–Kier alpha value is -0.260. The maximum atomic E-state index is 2.70. The lowest BCUT2D eigenvalue weighted by atomic mass is 9.92. The molecule has 0 aromatic carbocycles. The van der Waals surface area contributed by atoms with E-state index in [2.05, 4.69) is 6.08 Å². The lowest BCUT2D eigenvalue weighted by Crippen LogP contribution is -1.97. The second-order valence-electron chi connectivity index (χ2n) is 9.68. The fraction of sp³-hybridized carbons (Fsp3) is 0.920. The Kier molecular flexibility index (Phi) is 8.93. The van der Waals surface area contributed by atoms with Crippen LogP contribution in [0.4, 0.5) is 0 Å². The summed E-state index contributed by atoms with van der Waals surface area (Å²) < 4.78 is 0. The van der Waals surface area contributed by atoms with E-state index in [0.29, 0.717) is 0 Å². The Morgan fingerprint density at radius 3 is 1.40 bits per heavy atom. The molecule has 25 heavy (non-hydrogen) atoms. The van der Waals surface area contributed by atoms with Gasteiger partial charge in [0.2, 0.25) is 0 Å². The van der Waals surface area contributed by atoms with Gasteiger partial charge in [-0.05, 0) is 56.3 Å². The predicted octanol–water partition coefficient (Wildman–Crippen LogP) is 8.60. The average molecular weight is 345 g/mol. The molecule has 0 heterocycles. The number of allylic oxidation sites excluding steroid dienone is 2. The van der Waals surface area contributed by atoms with Gasteiger partial charge in [-0.2, -0.15) is 0 Å². The van der Waals surface area contributed by atoms with E-state index < -0.39 is 0 Å². The molecule has 0 heteroatoms. The van der Waals surface area contributed by atoms with Crippen LogP contribution in [0.1, 0.15) is 128 Å². The molecule has 3 fully saturated rings. The van der Waals surface area contributed by atoms with E-state index in [1.165, 1.54) is 128 Å². The zero-order valence-electron chi connectivity index (χ0n) is 17.0. The Morgan fingerprint density at radius 1 is 0.560 bits per heavy atom. The Balaban J connectivity index is 1.36. The molecule has 0 saturated heterocycles. The molecule has 0 amide bonds. The van der Waals surface area contributed by atoms with E-state index in [1.807, 2.05) is 5.57 Å². The van der Waals surface area contributed by atoms with Gasteiger partial charge in [-0.15, -0.1) is 0 Å². The summed E-state index contributed by atoms with van der Waals surface area (Å²) in [5.41, 5.74) is 1.84. The molecule has 0 radical (unpaired) electrons. The first-order valence-corrected chi connectivity index (χ1v) is 12.1. The molecule has 0 N–H and O–H groups in total. The highest BCUT2D eigenvalue weighted by Crippen LogP contribution is 2.33. The average Bonchev–Trinajstić information content (AvgIpc) is 3.38. The molecule has 0 aromatic heterocycles. The van der Waals surface area contributed by atoms with Crippen molar-refractivity contribution in [3.05, 3.63) is 11.6 Å². The van der Waals surface area contributed by atoms with Crippen LogP contribution in [0.25, 0.3) is 0 Å². The molecule has 0 atom stereocenters. The standard InChI is InChI=1S/C25H44/c1-2-11-22(10-1)16-7-19-25(20-8-17-23-12-3-4-13-23)21-9-18-24-14-5-6-15-24/h19,22-24H,1-18,20-21H2. The molecule has 0 spiro atoms. The Morgan fingerprint density at radius 2 is 0.960 bits per heavy atom. The third-order valence-corrected chi connectivity index (χ3v) is 7.65. The quantitative estimate of drug-likeness (QED) is 0.329. The highest BCUT2D eigenvalue weighted by molar-refractivity contribution is 5.02. The largest absolute Gasteiger partial charge is 0.0853 e. The fourth-order valence-corrected chi connectivity index (χ4v) is 5.98. The van der Waals surface area contributed by atoms with Gasteiger partial charge in [0.05, 0.1) is 0 Å². The van der Waals surface area contributed by atoms with Crippen LogP contribution in [0.5, 0.6) is 0 Å². The van der Waals surface area contributed by atoms with Crippen LogP contribution < -0.4 is 0 Å². The lowest BCUT2D eigenvalue weighted by Gasteiger charge is -2.14. The van der Waals surface area contributed by atoms with Crippen LogP contribution in [0.15, 0.2) is 11.6 Å². The lowest BCUT2D eigenvalue weighted by molar-refractivity contribution is 0.466. The Bertz CT molecular complexity index is 337. The minimum atomic E-state index is 1.06. The predicted molar refractivity (Wildman–Crippen MR) is 111 cm³/mol. The van der Waals surface area contributed by atoms with E-state index in [0.717, 1.165) is 17.8 Å². The summed E-state index contributed by atoms with van der Waals surface area (Å²) in [5.74, 6) is 3.23. The van der Waals surface area contributed by atoms with Crippen molar-refractivity contribution in [2.75, 3.05) is 0 Å². The molecule has 0 aromatic rings. The van der Waals surface area contributed by atoms with Gasteiger partial charge in [0.25, 0.3) is 0 Å². The molecule has 144 valence electrons. The highest BCUT2D eigenvalue weighted by atomic mass is 14.2. The van der Waals surface area contributed by atoms with Crippen LogP contribution in [0, 0.1) is 17.8 Å². The summed E-state index contributed by atoms with van der Waals surface area (Å²) >= 11 is 0. The first-order valence-electron chi connectivity index (χ1n) is 12.1. The summed E-state index contributed by atoms with van der Waals surface area (Å²) in [7, 11) is 0. The number of rotatable bonds is 11. The third kappa shape index (κ3) is 7.48. The van der Waals surface area contributed by atoms with Crippen molar-refractivity contribution >= 4 is 0 Å². The van der Waals surface area contributed by atoms with Crippen molar-refractivity contribution in [2.45, 2.75) is 128 Å². The van der Waals surface area contributed by atoms with Crippen LogP contribution >= 0.6 is 0 Å². The van der Waals surface area contributed by atoms with Gasteiger partial charge in [0, 0.05) is 0 Å². The van der Waals surface area contributed by atoms with Crippen molar-refractivity contribution < 1.29 is 0 Å². The summed E-state index contributed by atoms with van der Waals surface area (Å²) in [6.45, 7) is 0. The van der Waals surface area contributed by atoms with Crippen LogP contribution in [-0.2, 0) is 0 Å². The zero-order chi connectivity index (χ0) is 17.2. The number of hydrogen-bond donors (Lipinski definition) is 0. The summed E-state index contributed by atoms with van der Waals surface area (Å²) in [4.78, 5) is 0. The molecule has 3 saturated carbocycles. The minimum Gasteiger partial charge on any atom is -0.0853 e. The zero-order valence-corrected chi connectivity index (χ0v) is 17.0. The van der Waals surface area contributed by atoms with Crippen molar-refractivity contribution in [1.82, 2.24) is 0 Å². The van der Waals surface area contributed by atoms with E-state index in [-0.39, 0.29) is 0 Å². The van der Waals surface area contributed by atoms with Crippen LogP contribution in [0.2, 0.25) is 0 Å². The topological polar surface area (TPSA) is 0 Å². The van der Waals surface area contributed by atoms with E-state index in [1.54, 1.807) is 0 Å². The molecule has 0 aliphatic heterocycles. The monoisotopic (exact) mass is 344 g/mol. The SMILES string of the molecule is C(CCC1CCCC1)=C(CCCC1CCCC1)CCCC1CCCC1. The first kappa shape index (κ1) is 19.5. The molecule has 0 nitrogen and oxygen atoms in total. The summed E-state index contributed by atoms with van der Waals surface area (Å²) in [6, 6.07) is 0. The summed E-state index contributed by atoms with van der Waals surface area (Å²) in [6.07, 6.45) is 32.6. The van der Waals surface area contributed by atoms with Crippen molar-refractivity contribution in [1.29, 1.82) is 0 Å². The maximum Gasteiger partial charge on any atom is -0.0320 e. The van der Waals surface area contributed by atoms with Gasteiger partial charge in [-0.3, -0.25) is 0 Å². The van der Waals surface area contributed by atoms with Gasteiger partial charge >= 0.3 is 0 Å². The first-order chi connectivity index (χ1) is 12.4. The second kappa shape index (κ2) is 11.5. The van der Waals surface area contributed by atoms with Crippen molar-refractivity contribution in [3.8, 4) is 0 Å². The molecule has 3 rings (SSSR count). The summed E-state index contributed by atoms with van der Waals surface area (Å²) in [5, 5.41) is 0. The van der Waals surface area contributed by atoms with E-state index in [9.17, 15) is 0 Å². The third-order valence-electron chi connectivity index (χ3n) is 7.65. The second-order valence-corrected chi connectivity index (χ2v) is 9.68. The van der Waals surface area contributed by atoms with Crippen molar-refractivity contribution in [2.24, 2.45) is 17.8 Å². The van der Waals surface area contributed by atoms with Gasteiger partial charge < -0.3 is 0 Å². The smallest absolute Gasteiger partial charge is 0.0320 e. The highest BCUT2D eigenvalue weighted by Gasteiger charge is 2.17. The van der Waals surface area contributed by atoms with Gasteiger partial charge in [0.1, 0.15) is 0 Å². The Labute approximate surface area is 158 Å². The molecular weight excluding hydrogens is 300 g/mol. The molecular formula is C25H44.